The fourth-order valence-corrected chi connectivity index (χ4v) is 3.13. The van der Waals surface area contributed by atoms with Gasteiger partial charge in [-0.3, -0.25) is 4.79 Å². The van der Waals surface area contributed by atoms with Gasteiger partial charge < -0.3 is 14.1 Å². The maximum atomic E-state index is 12.9. The zero-order valence-electron chi connectivity index (χ0n) is 15.9. The van der Waals surface area contributed by atoms with Crippen molar-refractivity contribution in [1.29, 1.82) is 0 Å². The molecule has 0 fully saturated rings. The first-order valence-corrected chi connectivity index (χ1v) is 9.47. The summed E-state index contributed by atoms with van der Waals surface area (Å²) in [6.45, 7) is 2.86. The molecule has 28 heavy (non-hydrogen) atoms. The number of methoxy groups -OCH3 is 1. The van der Waals surface area contributed by atoms with Gasteiger partial charge in [0, 0.05) is 12.1 Å². The van der Waals surface area contributed by atoms with Gasteiger partial charge in [0.25, 0.3) is 0 Å². The molecule has 0 saturated heterocycles. The Morgan fingerprint density at radius 1 is 1.14 bits per heavy atom. The van der Waals surface area contributed by atoms with Crippen molar-refractivity contribution in [3.05, 3.63) is 65.0 Å². The van der Waals surface area contributed by atoms with Gasteiger partial charge in [0.1, 0.15) is 5.75 Å². The highest BCUT2D eigenvalue weighted by Gasteiger charge is 2.19. The van der Waals surface area contributed by atoms with Crippen LogP contribution < -0.4 is 4.74 Å². The first-order valence-electron chi connectivity index (χ1n) is 9.09. The summed E-state index contributed by atoms with van der Waals surface area (Å²) < 4.78 is 11.1. The van der Waals surface area contributed by atoms with Crippen molar-refractivity contribution in [2.75, 3.05) is 13.7 Å². The number of carbonyl (C=O) groups excluding carboxylic acids is 1. The van der Waals surface area contributed by atoms with E-state index in [0.717, 1.165) is 12.0 Å². The lowest BCUT2D eigenvalue weighted by Gasteiger charge is -2.21. The molecule has 0 radical (unpaired) electrons. The lowest BCUT2D eigenvalue weighted by molar-refractivity contribution is -0.131. The van der Waals surface area contributed by atoms with Gasteiger partial charge in [0.2, 0.25) is 17.7 Å². The lowest BCUT2D eigenvalue weighted by atomic mass is 10.1. The number of ether oxygens (including phenoxy) is 1. The summed E-state index contributed by atoms with van der Waals surface area (Å²) in [5.41, 5.74) is 1.52. The number of hydrogen-bond donors (Lipinski definition) is 0. The summed E-state index contributed by atoms with van der Waals surface area (Å²) >= 11 is 6.19. The normalized spacial score (nSPS) is 10.7. The molecular formula is C21H22ClN3O3. The lowest BCUT2D eigenvalue weighted by Crippen LogP contribution is -2.32. The van der Waals surface area contributed by atoms with Crippen LogP contribution in [-0.4, -0.2) is 34.7 Å². The summed E-state index contributed by atoms with van der Waals surface area (Å²) in [5, 5.41) is 8.69. The maximum absolute atomic E-state index is 12.9. The van der Waals surface area contributed by atoms with Crippen LogP contribution in [0.4, 0.5) is 0 Å². The van der Waals surface area contributed by atoms with E-state index in [-0.39, 0.29) is 18.9 Å². The Bertz CT molecular complexity index is 942. The monoisotopic (exact) mass is 399 g/mol. The summed E-state index contributed by atoms with van der Waals surface area (Å²) in [5.74, 6) is 1.39. The average molecular weight is 400 g/mol. The predicted octanol–water partition coefficient (Wildman–Crippen LogP) is 4.38. The van der Waals surface area contributed by atoms with Crippen molar-refractivity contribution in [2.24, 2.45) is 0 Å². The zero-order valence-corrected chi connectivity index (χ0v) is 16.6. The molecule has 0 bridgehead atoms. The van der Waals surface area contributed by atoms with E-state index in [4.69, 9.17) is 20.8 Å². The number of benzene rings is 2. The number of amides is 1. The highest BCUT2D eigenvalue weighted by atomic mass is 35.5. The van der Waals surface area contributed by atoms with E-state index in [1.165, 1.54) is 0 Å². The van der Waals surface area contributed by atoms with Gasteiger partial charge >= 0.3 is 0 Å². The Kier molecular flexibility index (Phi) is 6.66. The SMILES string of the molecule is CCCN(Cc1nnc(-c2ccccc2Cl)o1)C(=O)Cc1ccccc1OC. The van der Waals surface area contributed by atoms with Crippen LogP contribution >= 0.6 is 11.6 Å². The molecule has 0 N–H and O–H groups in total. The molecule has 0 atom stereocenters. The van der Waals surface area contributed by atoms with E-state index in [9.17, 15) is 4.79 Å². The van der Waals surface area contributed by atoms with Gasteiger partial charge in [-0.1, -0.05) is 48.9 Å². The van der Waals surface area contributed by atoms with Crippen molar-refractivity contribution >= 4 is 17.5 Å². The molecule has 0 unspecified atom stereocenters. The van der Waals surface area contributed by atoms with Crippen molar-refractivity contribution < 1.29 is 13.9 Å². The highest BCUT2D eigenvalue weighted by molar-refractivity contribution is 6.33. The van der Waals surface area contributed by atoms with E-state index < -0.39 is 0 Å². The van der Waals surface area contributed by atoms with Gasteiger partial charge in [-0.2, -0.15) is 0 Å². The molecule has 1 aromatic heterocycles. The molecule has 0 saturated carbocycles. The van der Waals surface area contributed by atoms with Crippen LogP contribution in [-0.2, 0) is 17.8 Å². The molecule has 0 aliphatic rings. The highest BCUT2D eigenvalue weighted by Crippen LogP contribution is 2.26. The first-order chi connectivity index (χ1) is 13.6. The molecule has 146 valence electrons. The second kappa shape index (κ2) is 9.37. The van der Waals surface area contributed by atoms with Crippen molar-refractivity contribution in [2.45, 2.75) is 26.3 Å². The van der Waals surface area contributed by atoms with Crippen LogP contribution in [0.1, 0.15) is 24.8 Å². The second-order valence-corrected chi connectivity index (χ2v) is 6.69. The van der Waals surface area contributed by atoms with Gasteiger partial charge in [-0.25, -0.2) is 0 Å². The fourth-order valence-electron chi connectivity index (χ4n) is 2.91. The number of aromatic nitrogens is 2. The van der Waals surface area contributed by atoms with Crippen molar-refractivity contribution in [3.8, 4) is 17.2 Å². The van der Waals surface area contributed by atoms with Crippen LogP contribution in [0.25, 0.3) is 11.5 Å². The second-order valence-electron chi connectivity index (χ2n) is 6.28. The number of rotatable bonds is 8. The first kappa shape index (κ1) is 19.9. The zero-order chi connectivity index (χ0) is 19.9. The molecule has 0 aliphatic carbocycles. The Labute approximate surface area is 169 Å². The number of hydrogen-bond acceptors (Lipinski definition) is 5. The molecule has 0 aliphatic heterocycles. The van der Waals surface area contributed by atoms with Gasteiger partial charge in [-0.05, 0) is 24.6 Å². The Morgan fingerprint density at radius 3 is 2.64 bits per heavy atom. The third-order valence-corrected chi connectivity index (χ3v) is 4.61. The third-order valence-electron chi connectivity index (χ3n) is 4.28. The summed E-state index contributed by atoms with van der Waals surface area (Å²) in [4.78, 5) is 14.6. The predicted molar refractivity (Wildman–Crippen MR) is 107 cm³/mol. The quantitative estimate of drug-likeness (QED) is 0.562. The molecule has 3 rings (SSSR count). The van der Waals surface area contributed by atoms with E-state index in [1.807, 2.05) is 49.4 Å². The van der Waals surface area contributed by atoms with Crippen LogP contribution in [0, 0.1) is 0 Å². The average Bonchev–Trinajstić information content (AvgIpc) is 3.16. The van der Waals surface area contributed by atoms with Crippen LogP contribution in [0.2, 0.25) is 5.02 Å². The summed E-state index contributed by atoms with van der Waals surface area (Å²) in [6.07, 6.45) is 1.07. The molecular weight excluding hydrogens is 378 g/mol. The van der Waals surface area contributed by atoms with Crippen LogP contribution in [0.5, 0.6) is 5.75 Å². The minimum Gasteiger partial charge on any atom is -0.496 e. The van der Waals surface area contributed by atoms with Gasteiger partial charge in [0.15, 0.2) is 0 Å². The Balaban J connectivity index is 1.74. The van der Waals surface area contributed by atoms with Crippen molar-refractivity contribution in [3.63, 3.8) is 0 Å². The summed E-state index contributed by atoms with van der Waals surface area (Å²) in [7, 11) is 1.60. The van der Waals surface area contributed by atoms with Gasteiger partial charge in [0.05, 0.1) is 30.7 Å². The molecule has 1 amide bonds. The van der Waals surface area contributed by atoms with Crippen LogP contribution in [0.3, 0.4) is 0 Å². The Hall–Kier alpha value is -2.86. The Morgan fingerprint density at radius 2 is 1.89 bits per heavy atom. The molecule has 0 spiro atoms. The van der Waals surface area contributed by atoms with Gasteiger partial charge in [-0.15, -0.1) is 10.2 Å². The minimum absolute atomic E-state index is 0.0242. The van der Waals surface area contributed by atoms with E-state index in [2.05, 4.69) is 10.2 Å². The number of nitrogens with zero attached hydrogens (tertiary/aromatic N) is 3. The summed E-state index contributed by atoms with van der Waals surface area (Å²) in [6, 6.07) is 14.8. The van der Waals surface area contributed by atoms with E-state index in [1.54, 1.807) is 18.1 Å². The molecule has 6 nitrogen and oxygen atoms in total. The largest absolute Gasteiger partial charge is 0.496 e. The van der Waals surface area contributed by atoms with Crippen LogP contribution in [0.15, 0.2) is 52.9 Å². The maximum Gasteiger partial charge on any atom is 0.249 e. The number of halogens is 1. The molecule has 7 heteroatoms. The smallest absolute Gasteiger partial charge is 0.249 e. The third kappa shape index (κ3) is 4.70. The van der Waals surface area contributed by atoms with Crippen molar-refractivity contribution in [1.82, 2.24) is 15.1 Å². The number of para-hydroxylation sites is 1. The standard InChI is InChI=1S/C21H22ClN3O3/c1-3-12-25(20(26)13-15-8-4-7-11-18(15)27-2)14-19-23-24-21(28-19)16-9-5-6-10-17(16)22/h4-11H,3,12-14H2,1-2H3. The van der Waals surface area contributed by atoms with E-state index >= 15 is 0 Å². The molecule has 2 aromatic carbocycles. The fraction of sp³-hybridized carbons (Fsp3) is 0.286. The molecule has 1 heterocycles. The number of carbonyl (C=O) groups is 1. The molecule has 3 aromatic rings. The topological polar surface area (TPSA) is 68.5 Å². The van der Waals surface area contributed by atoms with E-state index in [0.29, 0.717) is 34.7 Å². The minimum atomic E-state index is -0.0242.